The molecule has 5 nitrogen and oxygen atoms in total. The summed E-state index contributed by atoms with van der Waals surface area (Å²) in [5, 5.41) is 11.7. The molecule has 0 aromatic heterocycles. The Morgan fingerprint density at radius 2 is 1.74 bits per heavy atom. The minimum absolute atomic E-state index is 0.102. The van der Waals surface area contributed by atoms with Crippen molar-refractivity contribution in [3.63, 3.8) is 0 Å². The molecule has 3 rings (SSSR count). The Morgan fingerprint density at radius 3 is 2.32 bits per heavy atom. The lowest BCUT2D eigenvalue weighted by molar-refractivity contribution is -0.134. The molecular formula is C25H33ClN2O3. The number of hydrogen-bond donors (Lipinski definition) is 1. The second kappa shape index (κ2) is 10.4. The fourth-order valence-corrected chi connectivity index (χ4v) is 3.99. The number of carbonyl (C=O) groups excluding carboxylic acids is 1. The van der Waals surface area contributed by atoms with Gasteiger partial charge >= 0.3 is 0 Å². The largest absolute Gasteiger partial charge is 0.491 e. The molecule has 0 atom stereocenters. The topological polar surface area (TPSA) is 53.0 Å². The van der Waals surface area contributed by atoms with Crippen LogP contribution in [-0.4, -0.2) is 54.3 Å². The van der Waals surface area contributed by atoms with E-state index in [1.165, 1.54) is 0 Å². The van der Waals surface area contributed by atoms with E-state index in [9.17, 15) is 9.90 Å². The molecule has 1 saturated heterocycles. The Morgan fingerprint density at radius 1 is 1.13 bits per heavy atom. The van der Waals surface area contributed by atoms with E-state index >= 15 is 0 Å². The summed E-state index contributed by atoms with van der Waals surface area (Å²) in [6.45, 7) is 5.95. The van der Waals surface area contributed by atoms with Gasteiger partial charge in [-0.25, -0.2) is 0 Å². The van der Waals surface area contributed by atoms with Crippen molar-refractivity contribution in [2.24, 2.45) is 0 Å². The van der Waals surface area contributed by atoms with Crippen LogP contribution < -0.4 is 9.64 Å². The van der Waals surface area contributed by atoms with Crippen LogP contribution in [0.1, 0.15) is 38.7 Å². The van der Waals surface area contributed by atoms with Crippen LogP contribution in [-0.2, 0) is 11.2 Å². The lowest BCUT2D eigenvalue weighted by atomic mass is 9.87. The van der Waals surface area contributed by atoms with Crippen molar-refractivity contribution in [3.8, 4) is 5.75 Å². The summed E-state index contributed by atoms with van der Waals surface area (Å²) >= 11 is 5.91. The van der Waals surface area contributed by atoms with Gasteiger partial charge in [0.15, 0.2) is 0 Å². The van der Waals surface area contributed by atoms with Crippen LogP contribution in [0, 0.1) is 0 Å². The Labute approximate surface area is 190 Å². The van der Waals surface area contributed by atoms with Crippen molar-refractivity contribution in [2.45, 2.75) is 51.2 Å². The third kappa shape index (κ3) is 6.88. The van der Waals surface area contributed by atoms with Gasteiger partial charge in [-0.15, -0.1) is 0 Å². The van der Waals surface area contributed by atoms with E-state index in [1.807, 2.05) is 62.2 Å². The van der Waals surface area contributed by atoms with Gasteiger partial charge in [-0.05, 0) is 75.1 Å². The Balaban J connectivity index is 1.45. The van der Waals surface area contributed by atoms with E-state index in [4.69, 9.17) is 16.3 Å². The second-order valence-electron chi connectivity index (χ2n) is 8.74. The summed E-state index contributed by atoms with van der Waals surface area (Å²) in [4.78, 5) is 16.6. The Kier molecular flexibility index (Phi) is 7.84. The molecule has 0 aliphatic carbocycles. The highest BCUT2D eigenvalue weighted by atomic mass is 35.5. The molecule has 0 bridgehead atoms. The van der Waals surface area contributed by atoms with Crippen molar-refractivity contribution < 1.29 is 14.6 Å². The minimum atomic E-state index is -0.730. The summed E-state index contributed by atoms with van der Waals surface area (Å²) in [5.74, 6) is 0.964. The van der Waals surface area contributed by atoms with Crippen LogP contribution in [0.3, 0.4) is 0 Å². The number of carbonyl (C=O) groups is 1. The molecule has 31 heavy (non-hydrogen) atoms. The van der Waals surface area contributed by atoms with E-state index in [1.54, 1.807) is 12.1 Å². The summed E-state index contributed by atoms with van der Waals surface area (Å²) in [7, 11) is 2.03. The molecule has 0 saturated carbocycles. The zero-order valence-corrected chi connectivity index (χ0v) is 19.4. The van der Waals surface area contributed by atoms with Crippen molar-refractivity contribution >= 4 is 23.2 Å². The van der Waals surface area contributed by atoms with Crippen molar-refractivity contribution in [1.29, 1.82) is 0 Å². The van der Waals surface area contributed by atoms with E-state index in [0.717, 1.165) is 23.5 Å². The Hall–Kier alpha value is -2.24. The predicted octanol–water partition coefficient (Wildman–Crippen LogP) is 4.55. The number of aliphatic hydroxyl groups is 1. The maximum Gasteiger partial charge on any atom is 0.226 e. The minimum Gasteiger partial charge on any atom is -0.491 e. The van der Waals surface area contributed by atoms with Crippen LogP contribution in [0.4, 0.5) is 5.69 Å². The highest BCUT2D eigenvalue weighted by Crippen LogP contribution is 2.28. The number of anilines is 1. The number of ether oxygens (including phenoxy) is 1. The number of piperidine rings is 1. The highest BCUT2D eigenvalue weighted by molar-refractivity contribution is 6.30. The van der Waals surface area contributed by atoms with Crippen LogP contribution in [0.5, 0.6) is 5.75 Å². The molecule has 0 radical (unpaired) electrons. The maximum absolute atomic E-state index is 12.6. The van der Waals surface area contributed by atoms with Gasteiger partial charge < -0.3 is 19.6 Å². The van der Waals surface area contributed by atoms with Crippen molar-refractivity contribution in [2.75, 3.05) is 31.6 Å². The van der Waals surface area contributed by atoms with Gasteiger partial charge in [-0.2, -0.15) is 0 Å². The van der Waals surface area contributed by atoms with Crippen molar-refractivity contribution in [1.82, 2.24) is 4.90 Å². The molecule has 2 aromatic rings. The summed E-state index contributed by atoms with van der Waals surface area (Å²) in [6.07, 6.45) is 2.41. The average Bonchev–Trinajstić information content (AvgIpc) is 2.74. The van der Waals surface area contributed by atoms with Crippen molar-refractivity contribution in [3.05, 3.63) is 59.1 Å². The number of benzene rings is 2. The first-order chi connectivity index (χ1) is 14.7. The third-order valence-electron chi connectivity index (χ3n) is 5.88. The summed E-state index contributed by atoms with van der Waals surface area (Å²) < 4.78 is 5.70. The second-order valence-corrected chi connectivity index (χ2v) is 9.18. The molecule has 2 aromatic carbocycles. The van der Waals surface area contributed by atoms with Crippen LogP contribution in [0.2, 0.25) is 5.02 Å². The number of nitrogens with zero attached hydrogens (tertiary/aromatic N) is 2. The number of hydrogen-bond acceptors (Lipinski definition) is 4. The number of halogens is 1. The SMILES string of the molecule is CC(C)Oc1ccc(N(C)CCC2(O)CCN(C(=O)Cc3ccc(Cl)cc3)CC2)cc1. The van der Waals surface area contributed by atoms with E-state index in [0.29, 0.717) is 43.8 Å². The van der Waals surface area contributed by atoms with Gasteiger partial charge in [0, 0.05) is 37.4 Å². The first-order valence-electron chi connectivity index (χ1n) is 11.0. The Bertz CT molecular complexity index is 844. The van der Waals surface area contributed by atoms with E-state index in [2.05, 4.69) is 4.90 Å². The van der Waals surface area contributed by atoms with Gasteiger partial charge in [0.2, 0.25) is 5.91 Å². The molecule has 1 aliphatic heterocycles. The van der Waals surface area contributed by atoms with Gasteiger partial charge in [-0.3, -0.25) is 4.79 Å². The number of likely N-dealkylation sites (tertiary alicyclic amines) is 1. The third-order valence-corrected chi connectivity index (χ3v) is 6.13. The molecule has 1 amide bonds. The highest BCUT2D eigenvalue weighted by Gasteiger charge is 2.33. The maximum atomic E-state index is 12.6. The van der Waals surface area contributed by atoms with Gasteiger partial charge in [-0.1, -0.05) is 23.7 Å². The molecular weight excluding hydrogens is 412 g/mol. The zero-order valence-electron chi connectivity index (χ0n) is 18.7. The van der Waals surface area contributed by atoms with Gasteiger partial charge in [0.25, 0.3) is 0 Å². The fraction of sp³-hybridized carbons (Fsp3) is 0.480. The fourth-order valence-electron chi connectivity index (χ4n) is 3.87. The number of rotatable bonds is 8. The molecule has 6 heteroatoms. The van der Waals surface area contributed by atoms with Gasteiger partial charge in [0.05, 0.1) is 18.1 Å². The first kappa shape index (κ1) is 23.4. The normalized spacial score (nSPS) is 15.7. The summed E-state index contributed by atoms with van der Waals surface area (Å²) in [6, 6.07) is 15.4. The first-order valence-corrected chi connectivity index (χ1v) is 11.3. The predicted molar refractivity (Wildman–Crippen MR) is 126 cm³/mol. The van der Waals surface area contributed by atoms with Crippen LogP contribution >= 0.6 is 11.6 Å². The smallest absolute Gasteiger partial charge is 0.226 e. The monoisotopic (exact) mass is 444 g/mol. The van der Waals surface area contributed by atoms with Crippen LogP contribution in [0.15, 0.2) is 48.5 Å². The summed E-state index contributed by atoms with van der Waals surface area (Å²) in [5.41, 5.74) is 1.32. The average molecular weight is 445 g/mol. The van der Waals surface area contributed by atoms with Crippen LogP contribution in [0.25, 0.3) is 0 Å². The molecule has 1 heterocycles. The zero-order chi connectivity index (χ0) is 22.4. The molecule has 0 unspecified atom stereocenters. The molecule has 1 aliphatic rings. The van der Waals surface area contributed by atoms with Gasteiger partial charge in [0.1, 0.15) is 5.75 Å². The molecule has 1 N–H and O–H groups in total. The van der Waals surface area contributed by atoms with E-state index in [-0.39, 0.29) is 12.0 Å². The quantitative estimate of drug-likeness (QED) is 0.649. The lowest BCUT2D eigenvalue weighted by Crippen LogP contribution is -2.48. The van der Waals surface area contributed by atoms with E-state index < -0.39 is 5.60 Å². The molecule has 168 valence electrons. The standard InChI is InChI=1S/C25H33ClN2O3/c1-19(2)31-23-10-8-22(9-11-23)27(3)15-12-25(30)13-16-28(17-14-25)24(29)18-20-4-6-21(26)7-5-20/h4-11,19,30H,12-18H2,1-3H3. The molecule has 1 fully saturated rings. The molecule has 0 spiro atoms. The number of amides is 1. The lowest BCUT2D eigenvalue weighted by Gasteiger charge is -2.39.